The first-order chi connectivity index (χ1) is 12.6. The molecule has 0 aliphatic carbocycles. The Kier molecular flexibility index (Phi) is 5.87. The molecule has 2 N–H and O–H groups in total. The maximum atomic E-state index is 12.2. The molecule has 4 nitrogen and oxygen atoms in total. The Morgan fingerprint density at radius 3 is 2.50 bits per heavy atom. The highest BCUT2D eigenvalue weighted by molar-refractivity contribution is 6.30. The summed E-state index contributed by atoms with van der Waals surface area (Å²) in [7, 11) is 0. The minimum Gasteiger partial charge on any atom is -0.366 e. The molecule has 132 valence electrons. The Morgan fingerprint density at radius 1 is 1.00 bits per heavy atom. The standard InChI is InChI=1S/C21H20ClN3O/c1-15-3-2-4-17(11-15)13-25-21(26)18-7-10-20(24-14-18)23-12-16-5-8-19(22)9-6-16/h2-11,14H,12-13H2,1H3,(H,23,24)(H,25,26). The van der Waals surface area contributed by atoms with Gasteiger partial charge in [0, 0.05) is 24.3 Å². The molecule has 26 heavy (non-hydrogen) atoms. The smallest absolute Gasteiger partial charge is 0.253 e. The summed E-state index contributed by atoms with van der Waals surface area (Å²) in [5, 5.41) is 6.85. The zero-order valence-electron chi connectivity index (χ0n) is 14.5. The topological polar surface area (TPSA) is 54.0 Å². The van der Waals surface area contributed by atoms with Crippen LogP contribution >= 0.6 is 11.6 Å². The van der Waals surface area contributed by atoms with E-state index < -0.39 is 0 Å². The molecular weight excluding hydrogens is 346 g/mol. The molecule has 2 aromatic carbocycles. The molecule has 0 unspecified atom stereocenters. The van der Waals surface area contributed by atoms with Crippen molar-refractivity contribution in [3.05, 3.63) is 94.1 Å². The van der Waals surface area contributed by atoms with E-state index in [1.54, 1.807) is 18.3 Å². The molecule has 0 aliphatic heterocycles. The van der Waals surface area contributed by atoms with E-state index in [2.05, 4.69) is 21.7 Å². The number of benzene rings is 2. The van der Waals surface area contributed by atoms with Crippen LogP contribution in [0.3, 0.4) is 0 Å². The van der Waals surface area contributed by atoms with E-state index in [0.717, 1.165) is 16.9 Å². The van der Waals surface area contributed by atoms with Crippen LogP contribution in [0.1, 0.15) is 27.0 Å². The van der Waals surface area contributed by atoms with Gasteiger partial charge >= 0.3 is 0 Å². The zero-order valence-corrected chi connectivity index (χ0v) is 15.3. The fourth-order valence-electron chi connectivity index (χ4n) is 2.53. The van der Waals surface area contributed by atoms with Crippen LogP contribution in [0, 0.1) is 6.92 Å². The van der Waals surface area contributed by atoms with Gasteiger partial charge in [-0.25, -0.2) is 4.98 Å². The highest BCUT2D eigenvalue weighted by atomic mass is 35.5. The summed E-state index contributed by atoms with van der Waals surface area (Å²) in [6.07, 6.45) is 1.58. The first kappa shape index (κ1) is 18.0. The number of nitrogens with zero attached hydrogens (tertiary/aromatic N) is 1. The zero-order chi connectivity index (χ0) is 18.4. The molecule has 0 saturated heterocycles. The molecule has 0 fully saturated rings. The van der Waals surface area contributed by atoms with Crippen molar-refractivity contribution in [1.29, 1.82) is 0 Å². The summed E-state index contributed by atoms with van der Waals surface area (Å²) < 4.78 is 0. The van der Waals surface area contributed by atoms with E-state index in [1.807, 2.05) is 49.4 Å². The molecule has 1 heterocycles. The van der Waals surface area contributed by atoms with Gasteiger partial charge in [0.1, 0.15) is 5.82 Å². The van der Waals surface area contributed by atoms with E-state index in [9.17, 15) is 4.79 Å². The number of pyridine rings is 1. The SMILES string of the molecule is Cc1cccc(CNC(=O)c2ccc(NCc3ccc(Cl)cc3)nc2)c1. The molecular formula is C21H20ClN3O. The first-order valence-electron chi connectivity index (χ1n) is 8.38. The maximum Gasteiger partial charge on any atom is 0.253 e. The van der Waals surface area contributed by atoms with Gasteiger partial charge in [-0.05, 0) is 42.3 Å². The third-order valence-corrected chi connectivity index (χ3v) is 4.20. The van der Waals surface area contributed by atoms with Gasteiger partial charge in [-0.3, -0.25) is 4.79 Å². The number of halogens is 1. The van der Waals surface area contributed by atoms with Crippen LogP contribution in [0.4, 0.5) is 5.82 Å². The van der Waals surface area contributed by atoms with Crippen molar-refractivity contribution < 1.29 is 4.79 Å². The Bertz CT molecular complexity index is 877. The van der Waals surface area contributed by atoms with Crippen LogP contribution < -0.4 is 10.6 Å². The van der Waals surface area contributed by atoms with Crippen molar-refractivity contribution >= 4 is 23.3 Å². The Hall–Kier alpha value is -2.85. The number of rotatable bonds is 6. The third-order valence-electron chi connectivity index (χ3n) is 3.95. The van der Waals surface area contributed by atoms with Crippen LogP contribution in [-0.4, -0.2) is 10.9 Å². The van der Waals surface area contributed by atoms with Gasteiger partial charge in [-0.2, -0.15) is 0 Å². The van der Waals surface area contributed by atoms with E-state index in [-0.39, 0.29) is 5.91 Å². The largest absolute Gasteiger partial charge is 0.366 e. The second-order valence-corrected chi connectivity index (χ2v) is 6.52. The lowest BCUT2D eigenvalue weighted by Crippen LogP contribution is -2.23. The summed E-state index contributed by atoms with van der Waals surface area (Å²) in [4.78, 5) is 16.5. The highest BCUT2D eigenvalue weighted by Crippen LogP contribution is 2.12. The van der Waals surface area contributed by atoms with Crippen LogP contribution in [0.2, 0.25) is 5.02 Å². The molecule has 0 bridgehead atoms. The number of amides is 1. The Labute approximate surface area is 158 Å². The lowest BCUT2D eigenvalue weighted by molar-refractivity contribution is 0.0950. The lowest BCUT2D eigenvalue weighted by Gasteiger charge is -2.08. The number of aryl methyl sites for hydroxylation is 1. The maximum absolute atomic E-state index is 12.2. The molecule has 3 aromatic rings. The Balaban J connectivity index is 1.53. The van der Waals surface area contributed by atoms with Gasteiger partial charge in [0.2, 0.25) is 0 Å². The predicted octanol–water partition coefficient (Wildman–Crippen LogP) is 4.59. The number of aromatic nitrogens is 1. The van der Waals surface area contributed by atoms with E-state index >= 15 is 0 Å². The van der Waals surface area contributed by atoms with Gasteiger partial charge in [-0.15, -0.1) is 0 Å². The summed E-state index contributed by atoms with van der Waals surface area (Å²) in [5.41, 5.74) is 3.90. The molecule has 3 rings (SSSR count). The minimum absolute atomic E-state index is 0.136. The molecule has 0 atom stereocenters. The summed E-state index contributed by atoms with van der Waals surface area (Å²) in [6.45, 7) is 3.17. The van der Waals surface area contributed by atoms with E-state index in [0.29, 0.717) is 23.7 Å². The average molecular weight is 366 g/mol. The molecule has 0 aliphatic rings. The van der Waals surface area contributed by atoms with Crippen molar-refractivity contribution in [3.63, 3.8) is 0 Å². The number of carbonyl (C=O) groups excluding carboxylic acids is 1. The van der Waals surface area contributed by atoms with Crippen molar-refractivity contribution in [2.24, 2.45) is 0 Å². The molecule has 1 amide bonds. The fourth-order valence-corrected chi connectivity index (χ4v) is 2.66. The van der Waals surface area contributed by atoms with Crippen molar-refractivity contribution in [1.82, 2.24) is 10.3 Å². The van der Waals surface area contributed by atoms with Gasteiger partial charge in [0.25, 0.3) is 5.91 Å². The summed E-state index contributed by atoms with van der Waals surface area (Å²) in [5.74, 6) is 0.582. The van der Waals surface area contributed by atoms with Crippen LogP contribution in [0.5, 0.6) is 0 Å². The molecule has 0 spiro atoms. The van der Waals surface area contributed by atoms with E-state index in [1.165, 1.54) is 5.56 Å². The summed E-state index contributed by atoms with van der Waals surface area (Å²) in [6, 6.07) is 19.3. The number of hydrogen-bond donors (Lipinski definition) is 2. The van der Waals surface area contributed by atoms with Crippen molar-refractivity contribution in [3.8, 4) is 0 Å². The third kappa shape index (κ3) is 5.07. The second-order valence-electron chi connectivity index (χ2n) is 6.08. The average Bonchev–Trinajstić information content (AvgIpc) is 2.66. The van der Waals surface area contributed by atoms with Crippen LogP contribution in [-0.2, 0) is 13.1 Å². The monoisotopic (exact) mass is 365 g/mol. The summed E-state index contributed by atoms with van der Waals surface area (Å²) >= 11 is 5.88. The molecule has 0 saturated carbocycles. The fraction of sp³-hybridized carbons (Fsp3) is 0.143. The highest BCUT2D eigenvalue weighted by Gasteiger charge is 2.06. The van der Waals surface area contributed by atoms with E-state index in [4.69, 9.17) is 11.6 Å². The lowest BCUT2D eigenvalue weighted by atomic mass is 10.1. The normalized spacial score (nSPS) is 10.4. The molecule has 0 radical (unpaired) electrons. The first-order valence-corrected chi connectivity index (χ1v) is 8.76. The van der Waals surface area contributed by atoms with Gasteiger partial charge in [0.15, 0.2) is 0 Å². The minimum atomic E-state index is -0.136. The number of nitrogens with one attached hydrogen (secondary N) is 2. The van der Waals surface area contributed by atoms with Crippen molar-refractivity contribution in [2.45, 2.75) is 20.0 Å². The molecule has 1 aromatic heterocycles. The van der Waals surface area contributed by atoms with Crippen molar-refractivity contribution in [2.75, 3.05) is 5.32 Å². The number of carbonyl (C=O) groups is 1. The second kappa shape index (κ2) is 8.50. The van der Waals surface area contributed by atoms with Crippen LogP contribution in [0.25, 0.3) is 0 Å². The number of hydrogen-bond acceptors (Lipinski definition) is 3. The molecule has 5 heteroatoms. The Morgan fingerprint density at radius 2 is 1.81 bits per heavy atom. The quantitative estimate of drug-likeness (QED) is 0.672. The van der Waals surface area contributed by atoms with Crippen LogP contribution in [0.15, 0.2) is 66.9 Å². The van der Waals surface area contributed by atoms with Gasteiger partial charge in [-0.1, -0.05) is 53.6 Å². The van der Waals surface area contributed by atoms with Gasteiger partial charge < -0.3 is 10.6 Å². The number of anilines is 1. The predicted molar refractivity (Wildman–Crippen MR) is 105 cm³/mol. The van der Waals surface area contributed by atoms with Gasteiger partial charge in [0.05, 0.1) is 5.56 Å².